The predicted octanol–water partition coefficient (Wildman–Crippen LogP) is 2.69. The number of pyridine rings is 2. The summed E-state index contributed by atoms with van der Waals surface area (Å²) in [5.74, 6) is 0.523. The van der Waals surface area contributed by atoms with Gasteiger partial charge < -0.3 is 15.3 Å². The van der Waals surface area contributed by atoms with Gasteiger partial charge in [0.1, 0.15) is 0 Å². The van der Waals surface area contributed by atoms with E-state index in [2.05, 4.69) is 27.0 Å². The SMILES string of the molecule is O.O[C@@H]1C[C@H](CN2C3CCC2CC2(C3)OCc3ccncc32)CCc2cccnc21. The molecule has 2 saturated heterocycles. The van der Waals surface area contributed by atoms with Gasteiger partial charge in [-0.3, -0.25) is 14.9 Å². The van der Waals surface area contributed by atoms with Crippen LogP contribution in [0.5, 0.6) is 0 Å². The van der Waals surface area contributed by atoms with Crippen molar-refractivity contribution < 1.29 is 15.3 Å². The number of aliphatic hydroxyl groups excluding tert-OH is 1. The molecule has 0 aromatic carbocycles. The Labute approximate surface area is 177 Å². The lowest BCUT2D eigenvalue weighted by Crippen LogP contribution is -2.51. The highest BCUT2D eigenvalue weighted by atomic mass is 16.5. The van der Waals surface area contributed by atoms with Crippen LogP contribution in [-0.2, 0) is 23.4 Å². The Balaban J connectivity index is 0.00000193. The molecule has 0 amide bonds. The number of aromatic nitrogens is 2. The first-order valence-electron chi connectivity index (χ1n) is 11.2. The lowest BCUT2D eigenvalue weighted by molar-refractivity contribution is -0.103. The van der Waals surface area contributed by atoms with Crippen LogP contribution in [0.2, 0.25) is 0 Å². The Hall–Kier alpha value is -1.86. The number of hydrogen-bond donors (Lipinski definition) is 1. The molecule has 6 heteroatoms. The summed E-state index contributed by atoms with van der Waals surface area (Å²) in [4.78, 5) is 11.6. The van der Waals surface area contributed by atoms with Crippen molar-refractivity contribution >= 4 is 0 Å². The van der Waals surface area contributed by atoms with Crippen LogP contribution in [-0.4, -0.2) is 44.1 Å². The van der Waals surface area contributed by atoms with Crippen molar-refractivity contribution in [3.05, 3.63) is 59.2 Å². The van der Waals surface area contributed by atoms with Crippen molar-refractivity contribution in [1.82, 2.24) is 14.9 Å². The van der Waals surface area contributed by atoms with Crippen LogP contribution in [0.15, 0.2) is 36.8 Å². The molecule has 1 aliphatic carbocycles. The number of aryl methyl sites for hydroxylation is 1. The number of fused-ring (bicyclic) bond motifs is 5. The molecule has 1 spiro atoms. The smallest absolute Gasteiger partial charge is 0.0984 e. The zero-order valence-corrected chi connectivity index (χ0v) is 17.3. The molecule has 2 aromatic heterocycles. The molecule has 0 saturated carbocycles. The van der Waals surface area contributed by atoms with Crippen LogP contribution in [0, 0.1) is 5.92 Å². The molecular formula is C24H31N3O3. The number of piperidine rings is 1. The van der Waals surface area contributed by atoms with Crippen molar-refractivity contribution in [2.45, 2.75) is 75.3 Å². The average Bonchev–Trinajstić information content (AvgIpc) is 3.13. The van der Waals surface area contributed by atoms with E-state index < -0.39 is 6.10 Å². The third-order valence-corrected chi connectivity index (χ3v) is 7.90. The number of nitrogens with zero attached hydrogens (tertiary/aromatic N) is 3. The Morgan fingerprint density at radius 3 is 2.77 bits per heavy atom. The van der Waals surface area contributed by atoms with Crippen LogP contribution < -0.4 is 0 Å². The fourth-order valence-corrected chi connectivity index (χ4v) is 6.52. The second kappa shape index (κ2) is 7.68. The maximum Gasteiger partial charge on any atom is 0.0984 e. The van der Waals surface area contributed by atoms with Gasteiger partial charge in [-0.25, -0.2) is 0 Å². The first kappa shape index (κ1) is 20.1. The minimum Gasteiger partial charge on any atom is -0.412 e. The molecule has 2 aromatic rings. The van der Waals surface area contributed by atoms with E-state index in [1.807, 2.05) is 18.5 Å². The first-order valence-corrected chi connectivity index (χ1v) is 11.2. The van der Waals surface area contributed by atoms with Crippen molar-refractivity contribution in [1.29, 1.82) is 0 Å². The summed E-state index contributed by atoms with van der Waals surface area (Å²) >= 11 is 0. The minimum atomic E-state index is -0.427. The molecule has 160 valence electrons. The third-order valence-electron chi connectivity index (χ3n) is 7.90. The topological polar surface area (TPSA) is 90.0 Å². The van der Waals surface area contributed by atoms with Gasteiger partial charge >= 0.3 is 0 Å². The van der Waals surface area contributed by atoms with Crippen LogP contribution in [0.3, 0.4) is 0 Å². The summed E-state index contributed by atoms with van der Waals surface area (Å²) in [7, 11) is 0. The van der Waals surface area contributed by atoms with E-state index in [1.54, 1.807) is 6.20 Å². The highest BCUT2D eigenvalue weighted by molar-refractivity contribution is 5.34. The molecule has 30 heavy (non-hydrogen) atoms. The largest absolute Gasteiger partial charge is 0.412 e. The summed E-state index contributed by atoms with van der Waals surface area (Å²) in [6, 6.07) is 7.41. The fourth-order valence-electron chi connectivity index (χ4n) is 6.52. The van der Waals surface area contributed by atoms with E-state index in [0.717, 1.165) is 50.9 Å². The molecular weight excluding hydrogens is 378 g/mol. The summed E-state index contributed by atoms with van der Waals surface area (Å²) in [5, 5.41) is 10.8. The van der Waals surface area contributed by atoms with Gasteiger partial charge in [-0.15, -0.1) is 0 Å². The van der Waals surface area contributed by atoms with Gasteiger partial charge in [0.15, 0.2) is 0 Å². The first-order chi connectivity index (χ1) is 14.2. The Morgan fingerprint density at radius 1 is 1.10 bits per heavy atom. The van der Waals surface area contributed by atoms with E-state index in [1.165, 1.54) is 29.5 Å². The van der Waals surface area contributed by atoms with E-state index in [0.29, 0.717) is 18.0 Å². The second-order valence-electron chi connectivity index (χ2n) is 9.51. The van der Waals surface area contributed by atoms with E-state index in [-0.39, 0.29) is 11.1 Å². The molecule has 3 N–H and O–H groups in total. The van der Waals surface area contributed by atoms with Crippen molar-refractivity contribution in [3.63, 3.8) is 0 Å². The molecule has 2 bridgehead atoms. The van der Waals surface area contributed by atoms with E-state index in [4.69, 9.17) is 4.74 Å². The molecule has 4 atom stereocenters. The summed E-state index contributed by atoms with van der Waals surface area (Å²) in [5.41, 5.74) is 4.67. The Bertz CT molecular complexity index is 906. The molecule has 3 aliphatic heterocycles. The van der Waals surface area contributed by atoms with Crippen molar-refractivity contribution in [2.24, 2.45) is 5.92 Å². The van der Waals surface area contributed by atoms with Crippen LogP contribution in [0.4, 0.5) is 0 Å². The van der Waals surface area contributed by atoms with Gasteiger partial charge in [0, 0.05) is 42.8 Å². The maximum absolute atomic E-state index is 10.8. The van der Waals surface area contributed by atoms with E-state index >= 15 is 0 Å². The highest BCUT2D eigenvalue weighted by Crippen LogP contribution is 2.52. The molecule has 5 heterocycles. The van der Waals surface area contributed by atoms with Gasteiger partial charge in [0.05, 0.1) is 24.0 Å². The van der Waals surface area contributed by atoms with Crippen molar-refractivity contribution in [2.75, 3.05) is 6.54 Å². The molecule has 2 unspecified atom stereocenters. The number of rotatable bonds is 2. The van der Waals surface area contributed by atoms with Gasteiger partial charge in [0.2, 0.25) is 0 Å². The molecule has 4 aliphatic rings. The number of aliphatic hydroxyl groups is 1. The summed E-state index contributed by atoms with van der Waals surface area (Å²) < 4.78 is 6.44. The minimum absolute atomic E-state index is 0. The van der Waals surface area contributed by atoms with Gasteiger partial charge in [-0.05, 0) is 74.1 Å². The predicted molar refractivity (Wildman–Crippen MR) is 113 cm³/mol. The van der Waals surface area contributed by atoms with Crippen molar-refractivity contribution in [3.8, 4) is 0 Å². The summed E-state index contributed by atoms with van der Waals surface area (Å²) in [6.45, 7) is 1.83. The number of ether oxygens (including phenoxy) is 1. The zero-order valence-electron chi connectivity index (χ0n) is 17.3. The van der Waals surface area contributed by atoms with E-state index in [9.17, 15) is 5.11 Å². The quantitative estimate of drug-likeness (QED) is 0.770. The number of hydrogen-bond acceptors (Lipinski definition) is 5. The molecule has 0 radical (unpaired) electrons. The normalized spacial score (nSPS) is 34.8. The molecule has 2 fully saturated rings. The standard InChI is InChI=1S/C24H29N3O2.H2O/c28-22-10-16(3-4-17-2-1-8-26-23(17)22)14-27-19-5-6-20(27)12-24(11-19)21-13-25-9-7-18(21)15-29-24;/h1-2,7-9,13,16,19-20,22,28H,3-6,10-12,14-15H2;1H2/t16-,19?,20?,22-,24?;/m1./s1. The lowest BCUT2D eigenvalue weighted by Gasteiger charge is -2.45. The molecule has 6 rings (SSSR count). The Morgan fingerprint density at radius 2 is 1.93 bits per heavy atom. The lowest BCUT2D eigenvalue weighted by atomic mass is 9.80. The second-order valence-corrected chi connectivity index (χ2v) is 9.51. The maximum atomic E-state index is 10.8. The third kappa shape index (κ3) is 3.17. The van der Waals surface area contributed by atoms with Gasteiger partial charge in [-0.2, -0.15) is 0 Å². The van der Waals surface area contributed by atoms with Crippen LogP contribution in [0.25, 0.3) is 0 Å². The van der Waals surface area contributed by atoms with Gasteiger partial charge in [0.25, 0.3) is 0 Å². The van der Waals surface area contributed by atoms with Gasteiger partial charge in [-0.1, -0.05) is 6.07 Å². The Kier molecular flexibility index (Phi) is 5.14. The van der Waals surface area contributed by atoms with Crippen LogP contribution in [0.1, 0.15) is 67.0 Å². The molecule has 6 nitrogen and oxygen atoms in total. The zero-order chi connectivity index (χ0) is 19.4. The summed E-state index contributed by atoms with van der Waals surface area (Å²) in [6.07, 6.45) is 13.0. The fraction of sp³-hybridized carbons (Fsp3) is 0.583. The average molecular weight is 410 g/mol. The highest BCUT2D eigenvalue weighted by Gasteiger charge is 2.52. The monoisotopic (exact) mass is 409 g/mol. The van der Waals surface area contributed by atoms with Crippen LogP contribution >= 0.6 is 0 Å².